The normalized spacial score (nSPS) is 15.1. The quantitative estimate of drug-likeness (QED) is 0.376. The monoisotopic (exact) mass is 418 g/mol. The smallest absolute Gasteiger partial charge is 0.265 e. The van der Waals surface area contributed by atoms with E-state index in [0.717, 1.165) is 18.7 Å². The number of nitrogen functional groups attached to an aromatic ring is 1. The van der Waals surface area contributed by atoms with E-state index in [2.05, 4.69) is 10.3 Å². The molecule has 29 heavy (non-hydrogen) atoms. The number of hydrogen-bond donors (Lipinski definition) is 2. The molecule has 1 heterocycles. The number of amides is 1. The minimum absolute atomic E-state index is 0.0234. The van der Waals surface area contributed by atoms with E-state index in [1.807, 2.05) is 18.2 Å². The Labute approximate surface area is 171 Å². The van der Waals surface area contributed by atoms with Crippen molar-refractivity contribution in [3.8, 4) is 0 Å². The highest BCUT2D eigenvalue weighted by Crippen LogP contribution is 2.21. The Hall–Kier alpha value is -2.46. The fourth-order valence-electron chi connectivity index (χ4n) is 3.13. The summed E-state index contributed by atoms with van der Waals surface area (Å²) in [6.45, 7) is 3.39. The summed E-state index contributed by atoms with van der Waals surface area (Å²) < 4.78 is 33.1. The Balaban J connectivity index is 1.78. The second kappa shape index (κ2) is 9.84. The number of nitrogens with one attached hydrogen (secondary N) is 1. The van der Waals surface area contributed by atoms with Crippen molar-refractivity contribution in [2.24, 2.45) is 5.84 Å². The van der Waals surface area contributed by atoms with E-state index in [-0.39, 0.29) is 12.3 Å². The van der Waals surface area contributed by atoms with Gasteiger partial charge in [0.05, 0.1) is 31.2 Å². The van der Waals surface area contributed by atoms with Gasteiger partial charge in [-0.3, -0.25) is 19.4 Å². The molecule has 1 aliphatic rings. The Morgan fingerprint density at radius 1 is 1.07 bits per heavy atom. The van der Waals surface area contributed by atoms with Crippen LogP contribution in [0.2, 0.25) is 0 Å². The molecule has 1 fully saturated rings. The average molecular weight is 419 g/mol. The molecule has 0 aliphatic carbocycles. The first kappa shape index (κ1) is 21.3. The molecular weight excluding hydrogens is 392 g/mol. The summed E-state index contributed by atoms with van der Waals surface area (Å²) in [7, 11) is -3.55. The maximum absolute atomic E-state index is 13.2. The molecule has 0 bridgehead atoms. The molecule has 156 valence electrons. The second-order valence-electron chi connectivity index (χ2n) is 6.78. The largest absolute Gasteiger partial charge is 0.379 e. The number of carbonyl (C=O) groups excluding carboxylic acids is 1. The zero-order valence-electron chi connectivity index (χ0n) is 16.2. The fourth-order valence-corrected chi connectivity index (χ4v) is 4.63. The first-order chi connectivity index (χ1) is 14.0. The maximum atomic E-state index is 13.2. The van der Waals surface area contributed by atoms with Gasteiger partial charge in [0.1, 0.15) is 0 Å². The van der Waals surface area contributed by atoms with Crippen LogP contribution in [-0.2, 0) is 21.3 Å². The molecule has 1 amide bonds. The van der Waals surface area contributed by atoms with Gasteiger partial charge in [0.2, 0.25) is 10.0 Å². The molecule has 0 spiro atoms. The van der Waals surface area contributed by atoms with Crippen molar-refractivity contribution >= 4 is 21.6 Å². The van der Waals surface area contributed by atoms with Gasteiger partial charge in [0.15, 0.2) is 0 Å². The number of carbonyl (C=O) groups is 1. The van der Waals surface area contributed by atoms with Gasteiger partial charge in [-0.1, -0.05) is 30.3 Å². The van der Waals surface area contributed by atoms with Crippen LogP contribution in [0.25, 0.3) is 0 Å². The molecule has 0 radical (unpaired) electrons. The van der Waals surface area contributed by atoms with E-state index < -0.39 is 15.9 Å². The first-order valence-electron chi connectivity index (χ1n) is 9.45. The fraction of sp³-hybridized carbons (Fsp3) is 0.350. The Bertz CT molecular complexity index is 898. The lowest BCUT2D eigenvalue weighted by Crippen LogP contribution is -2.42. The van der Waals surface area contributed by atoms with E-state index in [1.165, 1.54) is 4.31 Å². The van der Waals surface area contributed by atoms with Gasteiger partial charge in [0, 0.05) is 25.2 Å². The van der Waals surface area contributed by atoms with Crippen molar-refractivity contribution in [3.05, 3.63) is 65.7 Å². The summed E-state index contributed by atoms with van der Waals surface area (Å²) in [5, 5.41) is 0. The van der Waals surface area contributed by atoms with Crippen LogP contribution in [0, 0.1) is 0 Å². The number of para-hydroxylation sites is 1. The van der Waals surface area contributed by atoms with Gasteiger partial charge in [-0.25, -0.2) is 14.3 Å². The number of sulfonamides is 1. The van der Waals surface area contributed by atoms with Gasteiger partial charge in [-0.15, -0.1) is 0 Å². The van der Waals surface area contributed by atoms with Gasteiger partial charge < -0.3 is 4.74 Å². The van der Waals surface area contributed by atoms with Crippen LogP contribution in [0.3, 0.4) is 0 Å². The minimum Gasteiger partial charge on any atom is -0.379 e. The lowest BCUT2D eigenvalue weighted by molar-refractivity contribution is 0.0408. The molecule has 1 aliphatic heterocycles. The molecule has 0 aromatic heterocycles. The Morgan fingerprint density at radius 2 is 1.72 bits per heavy atom. The third-order valence-corrected chi connectivity index (χ3v) is 6.53. The summed E-state index contributed by atoms with van der Waals surface area (Å²) in [6, 6.07) is 15.8. The van der Waals surface area contributed by atoms with Crippen LogP contribution in [0.1, 0.15) is 15.9 Å². The van der Waals surface area contributed by atoms with Gasteiger partial charge >= 0.3 is 0 Å². The average Bonchev–Trinajstić information content (AvgIpc) is 2.77. The van der Waals surface area contributed by atoms with Crippen molar-refractivity contribution in [3.63, 3.8) is 0 Å². The van der Waals surface area contributed by atoms with Crippen molar-refractivity contribution in [1.82, 2.24) is 10.3 Å². The number of nitrogens with two attached hydrogens (primary N) is 1. The topological polar surface area (TPSA) is 105 Å². The first-order valence-corrected chi connectivity index (χ1v) is 11.1. The van der Waals surface area contributed by atoms with E-state index in [0.29, 0.717) is 31.0 Å². The van der Waals surface area contributed by atoms with Gasteiger partial charge in [0.25, 0.3) is 5.91 Å². The van der Waals surface area contributed by atoms with E-state index in [9.17, 15) is 13.2 Å². The highest BCUT2D eigenvalue weighted by molar-refractivity contribution is 7.92. The van der Waals surface area contributed by atoms with Crippen LogP contribution in [-0.4, -0.2) is 57.8 Å². The summed E-state index contributed by atoms with van der Waals surface area (Å²) in [5.41, 5.74) is 3.88. The number of rotatable bonds is 8. The van der Waals surface area contributed by atoms with Gasteiger partial charge in [-0.2, -0.15) is 0 Å². The molecule has 1 saturated heterocycles. The molecule has 8 nitrogen and oxygen atoms in total. The van der Waals surface area contributed by atoms with Gasteiger partial charge in [-0.05, 0) is 29.8 Å². The number of hydrazine groups is 1. The predicted octanol–water partition coefficient (Wildman–Crippen LogP) is 0.959. The highest BCUT2D eigenvalue weighted by Gasteiger charge is 2.24. The zero-order valence-corrected chi connectivity index (χ0v) is 17.0. The molecule has 0 saturated carbocycles. The SMILES string of the molecule is NNC(=O)c1ccc(CN(c2ccccc2)S(=O)(=O)CCN2CCOCC2)cc1. The second-order valence-corrected chi connectivity index (χ2v) is 8.80. The molecule has 2 aromatic rings. The van der Waals surface area contributed by atoms with Crippen molar-refractivity contribution < 1.29 is 17.9 Å². The molecule has 9 heteroatoms. The number of anilines is 1. The summed E-state index contributed by atoms with van der Waals surface area (Å²) in [4.78, 5) is 13.7. The maximum Gasteiger partial charge on any atom is 0.265 e. The highest BCUT2D eigenvalue weighted by atomic mass is 32.2. The number of ether oxygens (including phenoxy) is 1. The Kier molecular flexibility index (Phi) is 7.21. The third kappa shape index (κ3) is 5.77. The van der Waals surface area contributed by atoms with Crippen LogP contribution in [0.15, 0.2) is 54.6 Å². The van der Waals surface area contributed by atoms with E-state index >= 15 is 0 Å². The van der Waals surface area contributed by atoms with Crippen LogP contribution in [0.4, 0.5) is 5.69 Å². The molecule has 3 rings (SSSR count). The van der Waals surface area contributed by atoms with E-state index in [4.69, 9.17) is 10.6 Å². The number of benzene rings is 2. The molecule has 0 atom stereocenters. The van der Waals surface area contributed by atoms with Crippen molar-refractivity contribution in [2.45, 2.75) is 6.54 Å². The molecule has 0 unspecified atom stereocenters. The lowest BCUT2D eigenvalue weighted by Gasteiger charge is -2.29. The zero-order chi connectivity index (χ0) is 20.7. The standard InChI is InChI=1S/C20H26N4O4S/c21-22-20(25)18-8-6-17(7-9-18)16-24(19-4-2-1-3-5-19)29(26,27)15-12-23-10-13-28-14-11-23/h1-9H,10-16,21H2,(H,22,25). The predicted molar refractivity (Wildman–Crippen MR) is 112 cm³/mol. The van der Waals surface area contributed by atoms with Crippen LogP contribution >= 0.6 is 0 Å². The summed E-state index contributed by atoms with van der Waals surface area (Å²) in [6.07, 6.45) is 0. The lowest BCUT2D eigenvalue weighted by atomic mass is 10.1. The van der Waals surface area contributed by atoms with Crippen LogP contribution in [0.5, 0.6) is 0 Å². The Morgan fingerprint density at radius 3 is 2.34 bits per heavy atom. The molecule has 2 aromatic carbocycles. The van der Waals surface area contributed by atoms with Crippen molar-refractivity contribution in [1.29, 1.82) is 0 Å². The number of nitrogens with zero attached hydrogens (tertiary/aromatic N) is 2. The molecule has 3 N–H and O–H groups in total. The van der Waals surface area contributed by atoms with Crippen molar-refractivity contribution in [2.75, 3.05) is 42.9 Å². The number of hydrogen-bond acceptors (Lipinski definition) is 6. The van der Waals surface area contributed by atoms with E-state index in [1.54, 1.807) is 36.4 Å². The van der Waals surface area contributed by atoms with Crippen LogP contribution < -0.4 is 15.6 Å². The minimum atomic E-state index is -3.55. The summed E-state index contributed by atoms with van der Waals surface area (Å²) >= 11 is 0. The number of morpholine rings is 1. The molecular formula is C20H26N4O4S. The summed E-state index contributed by atoms with van der Waals surface area (Å²) in [5.74, 6) is 4.78. The third-order valence-electron chi connectivity index (χ3n) is 4.82.